The van der Waals surface area contributed by atoms with Crippen LogP contribution in [0.25, 0.3) is 0 Å². The Morgan fingerprint density at radius 3 is 1.68 bits per heavy atom. The minimum Gasteiger partial charge on any atom is -0.145 e. The third kappa shape index (κ3) is 8.98. The zero-order valence-corrected chi connectivity index (χ0v) is 16.4. The Morgan fingerprint density at radius 2 is 1.23 bits per heavy atom. The summed E-state index contributed by atoms with van der Waals surface area (Å²) in [6, 6.07) is 4.68. The molecule has 0 aliphatic heterocycles. The molecule has 0 amide bonds. The van der Waals surface area contributed by atoms with Crippen molar-refractivity contribution in [1.82, 2.24) is 0 Å². The van der Waals surface area contributed by atoms with Crippen molar-refractivity contribution in [1.29, 1.82) is 0 Å². The van der Waals surface area contributed by atoms with Crippen LogP contribution in [0, 0.1) is 0 Å². The fourth-order valence-electron chi connectivity index (χ4n) is 2.88. The van der Waals surface area contributed by atoms with Crippen molar-refractivity contribution in [3.05, 3.63) is 21.9 Å². The van der Waals surface area contributed by atoms with E-state index in [2.05, 4.69) is 39.8 Å². The maximum Gasteiger partial charge on any atom is 0.0102 e. The Kier molecular flexibility index (Phi) is 10.1. The van der Waals surface area contributed by atoms with Gasteiger partial charge in [-0.3, -0.25) is 0 Å². The van der Waals surface area contributed by atoms with Crippen molar-refractivity contribution in [3.63, 3.8) is 0 Å². The zero-order chi connectivity index (χ0) is 16.3. The standard InChI is InChI=1S/C21H38S/c1-5-6-7-8-9-10-11-12-13-14-15-16-19-17-18-20(22-19)21(2,3)4/h17-18H,5-16H2,1-4H3. The van der Waals surface area contributed by atoms with E-state index in [4.69, 9.17) is 0 Å². The van der Waals surface area contributed by atoms with Gasteiger partial charge < -0.3 is 0 Å². The maximum atomic E-state index is 2.35. The molecule has 1 heterocycles. The van der Waals surface area contributed by atoms with Crippen molar-refractivity contribution in [3.8, 4) is 0 Å². The third-order valence-electron chi connectivity index (χ3n) is 4.43. The molecular weight excluding hydrogens is 284 g/mol. The summed E-state index contributed by atoms with van der Waals surface area (Å²) >= 11 is 2.02. The summed E-state index contributed by atoms with van der Waals surface area (Å²) in [6.07, 6.45) is 17.1. The first-order chi connectivity index (χ1) is 10.5. The molecule has 0 aliphatic carbocycles. The van der Waals surface area contributed by atoms with Crippen LogP contribution in [-0.2, 0) is 11.8 Å². The summed E-state index contributed by atoms with van der Waals surface area (Å²) < 4.78 is 0. The largest absolute Gasteiger partial charge is 0.145 e. The lowest BCUT2D eigenvalue weighted by Gasteiger charge is -2.15. The van der Waals surface area contributed by atoms with Crippen molar-refractivity contribution in [2.24, 2.45) is 0 Å². The number of rotatable bonds is 12. The predicted octanol–water partition coefficient (Wildman–Crippen LogP) is 7.90. The SMILES string of the molecule is CCCCCCCCCCCCCc1ccc(C(C)(C)C)s1. The van der Waals surface area contributed by atoms with Crippen LogP contribution in [-0.4, -0.2) is 0 Å². The van der Waals surface area contributed by atoms with Gasteiger partial charge in [-0.2, -0.15) is 0 Å². The van der Waals surface area contributed by atoms with E-state index in [0.717, 1.165) is 0 Å². The minimum absolute atomic E-state index is 0.319. The van der Waals surface area contributed by atoms with Crippen LogP contribution in [0.2, 0.25) is 0 Å². The van der Waals surface area contributed by atoms with E-state index >= 15 is 0 Å². The average molecular weight is 323 g/mol. The first kappa shape index (κ1) is 19.7. The van der Waals surface area contributed by atoms with Gasteiger partial charge in [-0.1, -0.05) is 91.9 Å². The molecule has 0 saturated carbocycles. The maximum absolute atomic E-state index is 2.35. The van der Waals surface area contributed by atoms with E-state index in [0.29, 0.717) is 5.41 Å². The Bertz CT molecular complexity index is 370. The van der Waals surface area contributed by atoms with E-state index < -0.39 is 0 Å². The van der Waals surface area contributed by atoms with Gasteiger partial charge in [0, 0.05) is 9.75 Å². The number of unbranched alkanes of at least 4 members (excludes halogenated alkanes) is 10. The fourth-order valence-corrected chi connectivity index (χ4v) is 3.99. The Hall–Kier alpha value is -0.300. The van der Waals surface area contributed by atoms with Gasteiger partial charge in [-0.25, -0.2) is 0 Å². The highest BCUT2D eigenvalue weighted by atomic mass is 32.1. The van der Waals surface area contributed by atoms with Crippen LogP contribution in [0.1, 0.15) is 108 Å². The van der Waals surface area contributed by atoms with Gasteiger partial charge in [0.05, 0.1) is 0 Å². The molecule has 1 heteroatoms. The van der Waals surface area contributed by atoms with E-state index in [-0.39, 0.29) is 0 Å². The first-order valence-corrected chi connectivity index (χ1v) is 10.4. The van der Waals surface area contributed by atoms with E-state index in [1.54, 1.807) is 4.88 Å². The van der Waals surface area contributed by atoms with Gasteiger partial charge in [-0.05, 0) is 30.4 Å². The highest BCUT2D eigenvalue weighted by Crippen LogP contribution is 2.30. The third-order valence-corrected chi connectivity index (χ3v) is 6.00. The smallest absolute Gasteiger partial charge is 0.0102 e. The highest BCUT2D eigenvalue weighted by molar-refractivity contribution is 7.12. The lowest BCUT2D eigenvalue weighted by Crippen LogP contribution is -2.07. The van der Waals surface area contributed by atoms with Crippen LogP contribution >= 0.6 is 11.3 Å². The second-order valence-electron chi connectivity index (χ2n) is 7.80. The predicted molar refractivity (Wildman–Crippen MR) is 103 cm³/mol. The molecule has 0 radical (unpaired) electrons. The molecule has 128 valence electrons. The Morgan fingerprint density at radius 1 is 0.727 bits per heavy atom. The second kappa shape index (κ2) is 11.3. The van der Waals surface area contributed by atoms with Crippen LogP contribution in [0.4, 0.5) is 0 Å². The fraction of sp³-hybridized carbons (Fsp3) is 0.810. The number of thiophene rings is 1. The van der Waals surface area contributed by atoms with Crippen LogP contribution in [0.15, 0.2) is 12.1 Å². The molecule has 0 saturated heterocycles. The summed E-state index contributed by atoms with van der Waals surface area (Å²) in [5, 5.41) is 0. The highest BCUT2D eigenvalue weighted by Gasteiger charge is 2.15. The van der Waals surface area contributed by atoms with Gasteiger partial charge >= 0.3 is 0 Å². The van der Waals surface area contributed by atoms with E-state index in [1.807, 2.05) is 11.3 Å². The average Bonchev–Trinajstić information content (AvgIpc) is 2.94. The van der Waals surface area contributed by atoms with Crippen LogP contribution in [0.5, 0.6) is 0 Å². The van der Waals surface area contributed by atoms with Crippen LogP contribution in [0.3, 0.4) is 0 Å². The van der Waals surface area contributed by atoms with Gasteiger partial charge in [0.1, 0.15) is 0 Å². The molecule has 0 bridgehead atoms. The first-order valence-electron chi connectivity index (χ1n) is 9.63. The van der Waals surface area contributed by atoms with Gasteiger partial charge in [0.25, 0.3) is 0 Å². The number of hydrogen-bond acceptors (Lipinski definition) is 1. The normalized spacial score (nSPS) is 12.0. The summed E-state index contributed by atoms with van der Waals surface area (Å²) in [6.45, 7) is 9.22. The second-order valence-corrected chi connectivity index (χ2v) is 8.97. The molecule has 1 aromatic heterocycles. The minimum atomic E-state index is 0.319. The molecule has 0 spiro atoms. The molecule has 0 N–H and O–H groups in total. The monoisotopic (exact) mass is 322 g/mol. The summed E-state index contributed by atoms with van der Waals surface area (Å²) in [5.41, 5.74) is 0.319. The quantitative estimate of drug-likeness (QED) is 0.343. The van der Waals surface area contributed by atoms with E-state index in [1.165, 1.54) is 81.9 Å². The van der Waals surface area contributed by atoms with Gasteiger partial charge in [0.2, 0.25) is 0 Å². The molecule has 0 nitrogen and oxygen atoms in total. The number of aryl methyl sites for hydroxylation is 1. The molecule has 0 aliphatic rings. The molecule has 1 rings (SSSR count). The molecular formula is C21H38S. The Labute approximate surface area is 143 Å². The van der Waals surface area contributed by atoms with Crippen molar-refractivity contribution >= 4 is 11.3 Å². The molecule has 0 aromatic carbocycles. The summed E-state index contributed by atoms with van der Waals surface area (Å²) in [4.78, 5) is 3.12. The topological polar surface area (TPSA) is 0 Å². The lowest BCUT2D eigenvalue weighted by atomic mass is 9.95. The molecule has 22 heavy (non-hydrogen) atoms. The van der Waals surface area contributed by atoms with Crippen molar-refractivity contribution < 1.29 is 0 Å². The zero-order valence-electron chi connectivity index (χ0n) is 15.5. The number of hydrogen-bond donors (Lipinski definition) is 0. The summed E-state index contributed by atoms with van der Waals surface area (Å²) in [5.74, 6) is 0. The Balaban J connectivity index is 1.94. The van der Waals surface area contributed by atoms with Crippen molar-refractivity contribution in [2.45, 2.75) is 110 Å². The van der Waals surface area contributed by atoms with Gasteiger partial charge in [0.15, 0.2) is 0 Å². The summed E-state index contributed by atoms with van der Waals surface area (Å²) in [7, 11) is 0. The van der Waals surface area contributed by atoms with E-state index in [9.17, 15) is 0 Å². The molecule has 0 unspecified atom stereocenters. The molecule has 0 atom stereocenters. The lowest BCUT2D eigenvalue weighted by molar-refractivity contribution is 0.550. The van der Waals surface area contributed by atoms with Gasteiger partial charge in [-0.15, -0.1) is 11.3 Å². The van der Waals surface area contributed by atoms with Crippen LogP contribution < -0.4 is 0 Å². The molecule has 0 fully saturated rings. The van der Waals surface area contributed by atoms with Crippen molar-refractivity contribution in [2.75, 3.05) is 0 Å². The molecule has 1 aromatic rings.